The number of anilines is 2. The van der Waals surface area contributed by atoms with Crippen molar-refractivity contribution in [2.24, 2.45) is 0 Å². The third-order valence-electron chi connectivity index (χ3n) is 4.24. The summed E-state index contributed by atoms with van der Waals surface area (Å²) >= 11 is 0. The Labute approximate surface area is 136 Å². The number of imide groups is 1. The number of hydrogen-bond donors (Lipinski definition) is 1. The van der Waals surface area contributed by atoms with E-state index in [1.807, 2.05) is 63.2 Å². The molecule has 1 heterocycles. The molecule has 4 nitrogen and oxygen atoms in total. The Morgan fingerprint density at radius 2 is 1.57 bits per heavy atom. The molecule has 4 heteroatoms. The number of para-hydroxylation sites is 1. The molecule has 1 saturated heterocycles. The predicted octanol–water partition coefficient (Wildman–Crippen LogP) is 3.36. The van der Waals surface area contributed by atoms with Crippen LogP contribution in [0.2, 0.25) is 0 Å². The van der Waals surface area contributed by atoms with Crippen molar-refractivity contribution in [1.82, 2.24) is 0 Å². The standard InChI is InChI=1S/C19H20N2O2/c1-12-7-9-15(10-8-12)21-17(22)11-16(19(21)23)20-18-13(2)5-4-6-14(18)3/h4-10,16,20H,11H2,1-3H3/t16-/m0/s1. The summed E-state index contributed by atoms with van der Waals surface area (Å²) < 4.78 is 0. The molecule has 2 amide bonds. The summed E-state index contributed by atoms with van der Waals surface area (Å²) in [4.78, 5) is 26.3. The van der Waals surface area contributed by atoms with Gasteiger partial charge in [-0.25, -0.2) is 4.90 Å². The summed E-state index contributed by atoms with van der Waals surface area (Å²) in [6, 6.07) is 12.9. The van der Waals surface area contributed by atoms with Gasteiger partial charge in [0.2, 0.25) is 5.91 Å². The van der Waals surface area contributed by atoms with E-state index < -0.39 is 6.04 Å². The number of rotatable bonds is 3. The van der Waals surface area contributed by atoms with Gasteiger partial charge in [-0.2, -0.15) is 0 Å². The van der Waals surface area contributed by atoms with E-state index in [0.29, 0.717) is 5.69 Å². The third kappa shape index (κ3) is 2.84. The first-order valence-corrected chi connectivity index (χ1v) is 7.73. The van der Waals surface area contributed by atoms with Crippen LogP contribution in [-0.4, -0.2) is 17.9 Å². The fourth-order valence-corrected chi connectivity index (χ4v) is 2.93. The molecule has 0 radical (unpaired) electrons. The normalized spacial score (nSPS) is 17.7. The number of amides is 2. The highest BCUT2D eigenvalue weighted by Crippen LogP contribution is 2.27. The molecule has 1 aliphatic heterocycles. The molecular formula is C19H20N2O2. The van der Waals surface area contributed by atoms with E-state index in [-0.39, 0.29) is 18.2 Å². The first kappa shape index (κ1) is 15.3. The van der Waals surface area contributed by atoms with Crippen LogP contribution in [0.15, 0.2) is 42.5 Å². The maximum atomic E-state index is 12.7. The van der Waals surface area contributed by atoms with E-state index in [9.17, 15) is 9.59 Å². The third-order valence-corrected chi connectivity index (χ3v) is 4.24. The Morgan fingerprint density at radius 1 is 0.957 bits per heavy atom. The van der Waals surface area contributed by atoms with Crippen LogP contribution in [0.3, 0.4) is 0 Å². The molecule has 2 aromatic rings. The van der Waals surface area contributed by atoms with E-state index >= 15 is 0 Å². The summed E-state index contributed by atoms with van der Waals surface area (Å²) in [5.74, 6) is -0.357. The molecular weight excluding hydrogens is 288 g/mol. The van der Waals surface area contributed by atoms with Crippen molar-refractivity contribution in [1.29, 1.82) is 0 Å². The van der Waals surface area contributed by atoms with Gasteiger partial charge >= 0.3 is 0 Å². The van der Waals surface area contributed by atoms with E-state index in [0.717, 1.165) is 22.4 Å². The Kier molecular flexibility index (Phi) is 3.90. The van der Waals surface area contributed by atoms with Crippen molar-refractivity contribution in [3.63, 3.8) is 0 Å². The Hall–Kier alpha value is -2.62. The summed E-state index contributed by atoms with van der Waals surface area (Å²) in [5, 5.41) is 3.26. The fraction of sp³-hybridized carbons (Fsp3) is 0.263. The van der Waals surface area contributed by atoms with Gasteiger partial charge in [0.05, 0.1) is 12.1 Å². The number of nitrogens with one attached hydrogen (secondary N) is 1. The average molecular weight is 308 g/mol. The van der Waals surface area contributed by atoms with Crippen LogP contribution in [0, 0.1) is 20.8 Å². The number of hydrogen-bond acceptors (Lipinski definition) is 3. The number of carbonyl (C=O) groups excluding carboxylic acids is 2. The second-order valence-corrected chi connectivity index (χ2v) is 6.07. The maximum absolute atomic E-state index is 12.7. The summed E-state index contributed by atoms with van der Waals surface area (Å²) in [7, 11) is 0. The van der Waals surface area contributed by atoms with Crippen LogP contribution in [0.1, 0.15) is 23.1 Å². The molecule has 0 aliphatic carbocycles. The highest BCUT2D eigenvalue weighted by Gasteiger charge is 2.39. The SMILES string of the molecule is Cc1ccc(N2C(=O)C[C@H](Nc3c(C)cccc3C)C2=O)cc1. The minimum absolute atomic E-state index is 0.164. The van der Waals surface area contributed by atoms with Crippen molar-refractivity contribution < 1.29 is 9.59 Å². The molecule has 0 aromatic heterocycles. The lowest BCUT2D eigenvalue weighted by Gasteiger charge is -2.18. The van der Waals surface area contributed by atoms with E-state index in [2.05, 4.69) is 5.32 Å². The summed E-state index contributed by atoms with van der Waals surface area (Å²) in [6.45, 7) is 5.96. The zero-order valence-electron chi connectivity index (χ0n) is 13.6. The van der Waals surface area contributed by atoms with Crippen LogP contribution in [0.4, 0.5) is 11.4 Å². The average Bonchev–Trinajstić information content (AvgIpc) is 2.79. The second-order valence-electron chi connectivity index (χ2n) is 6.07. The molecule has 1 atom stereocenters. The highest BCUT2D eigenvalue weighted by atomic mass is 16.2. The Balaban J connectivity index is 1.85. The van der Waals surface area contributed by atoms with Crippen molar-refractivity contribution in [3.05, 3.63) is 59.2 Å². The molecule has 1 fully saturated rings. The van der Waals surface area contributed by atoms with Gasteiger partial charge in [0.1, 0.15) is 6.04 Å². The lowest BCUT2D eigenvalue weighted by Crippen LogP contribution is -2.35. The van der Waals surface area contributed by atoms with Crippen molar-refractivity contribution in [3.8, 4) is 0 Å². The topological polar surface area (TPSA) is 49.4 Å². The van der Waals surface area contributed by atoms with Crippen LogP contribution in [-0.2, 0) is 9.59 Å². The zero-order valence-corrected chi connectivity index (χ0v) is 13.6. The Morgan fingerprint density at radius 3 is 2.17 bits per heavy atom. The highest BCUT2D eigenvalue weighted by molar-refractivity contribution is 6.23. The second kappa shape index (κ2) is 5.88. The monoisotopic (exact) mass is 308 g/mol. The predicted molar refractivity (Wildman–Crippen MR) is 91.6 cm³/mol. The first-order valence-electron chi connectivity index (χ1n) is 7.73. The molecule has 3 rings (SSSR count). The zero-order chi connectivity index (χ0) is 16.6. The lowest BCUT2D eigenvalue weighted by atomic mass is 10.1. The van der Waals surface area contributed by atoms with Gasteiger partial charge in [-0.1, -0.05) is 35.9 Å². The minimum Gasteiger partial charge on any atom is -0.373 e. The number of benzene rings is 2. The quantitative estimate of drug-likeness (QED) is 0.885. The molecule has 1 aliphatic rings. The smallest absolute Gasteiger partial charge is 0.256 e. The van der Waals surface area contributed by atoms with Crippen LogP contribution in [0.5, 0.6) is 0 Å². The molecule has 1 N–H and O–H groups in total. The Bertz CT molecular complexity index is 745. The van der Waals surface area contributed by atoms with Crippen LogP contribution < -0.4 is 10.2 Å². The van der Waals surface area contributed by atoms with Crippen molar-refractivity contribution >= 4 is 23.2 Å². The molecule has 2 aromatic carbocycles. The largest absolute Gasteiger partial charge is 0.373 e. The van der Waals surface area contributed by atoms with E-state index in [4.69, 9.17) is 0 Å². The van der Waals surface area contributed by atoms with Gasteiger partial charge in [-0.3, -0.25) is 9.59 Å². The number of aryl methyl sites for hydroxylation is 3. The molecule has 118 valence electrons. The van der Waals surface area contributed by atoms with Crippen LogP contribution in [0.25, 0.3) is 0 Å². The molecule has 23 heavy (non-hydrogen) atoms. The fourth-order valence-electron chi connectivity index (χ4n) is 2.93. The first-order chi connectivity index (χ1) is 11.0. The van der Waals surface area contributed by atoms with Gasteiger partial charge in [0.15, 0.2) is 0 Å². The van der Waals surface area contributed by atoms with Crippen molar-refractivity contribution in [2.45, 2.75) is 33.2 Å². The van der Waals surface area contributed by atoms with Gasteiger partial charge in [0, 0.05) is 5.69 Å². The van der Waals surface area contributed by atoms with E-state index in [1.165, 1.54) is 4.90 Å². The molecule has 0 bridgehead atoms. The maximum Gasteiger partial charge on any atom is 0.256 e. The van der Waals surface area contributed by atoms with Gasteiger partial charge < -0.3 is 5.32 Å². The number of carbonyl (C=O) groups is 2. The molecule has 0 spiro atoms. The summed E-state index contributed by atoms with van der Waals surface area (Å²) in [6.07, 6.45) is 0.181. The van der Waals surface area contributed by atoms with E-state index in [1.54, 1.807) is 0 Å². The van der Waals surface area contributed by atoms with Gasteiger partial charge in [-0.05, 0) is 44.0 Å². The minimum atomic E-state index is -0.511. The van der Waals surface area contributed by atoms with Gasteiger partial charge in [0.25, 0.3) is 5.91 Å². The lowest BCUT2D eigenvalue weighted by molar-refractivity contribution is -0.121. The van der Waals surface area contributed by atoms with Gasteiger partial charge in [-0.15, -0.1) is 0 Å². The number of nitrogens with zero attached hydrogens (tertiary/aromatic N) is 1. The van der Waals surface area contributed by atoms with Crippen molar-refractivity contribution in [2.75, 3.05) is 10.2 Å². The van der Waals surface area contributed by atoms with Crippen LogP contribution >= 0.6 is 0 Å². The molecule has 0 saturated carbocycles. The summed E-state index contributed by atoms with van der Waals surface area (Å²) in [5.41, 5.74) is 4.80. The molecule has 0 unspecified atom stereocenters.